The first-order valence-electron chi connectivity index (χ1n) is 7.12. The van der Waals surface area contributed by atoms with Gasteiger partial charge in [-0.3, -0.25) is 4.90 Å². The van der Waals surface area contributed by atoms with Crippen LogP contribution in [0.5, 0.6) is 5.75 Å². The lowest BCUT2D eigenvalue weighted by atomic mass is 10.1. The van der Waals surface area contributed by atoms with Crippen LogP contribution in [0, 0.1) is 13.8 Å². The third-order valence-electron chi connectivity index (χ3n) is 3.49. The second-order valence-electron chi connectivity index (χ2n) is 5.63. The van der Waals surface area contributed by atoms with Crippen LogP contribution < -0.4 is 4.74 Å². The number of hydrogen-bond donors (Lipinski definition) is 0. The highest BCUT2D eigenvalue weighted by atomic mass is 16.5. The molecule has 3 nitrogen and oxygen atoms in total. The van der Waals surface area contributed by atoms with Crippen molar-refractivity contribution < 1.29 is 9.47 Å². The summed E-state index contributed by atoms with van der Waals surface area (Å²) in [6, 6.07) is 6.32. The highest BCUT2D eigenvalue weighted by molar-refractivity contribution is 5.35. The molecule has 2 atom stereocenters. The lowest BCUT2D eigenvalue weighted by Crippen LogP contribution is -2.46. The molecule has 1 aromatic carbocycles. The Hall–Kier alpha value is -1.06. The number of benzene rings is 1. The Morgan fingerprint density at radius 3 is 2.53 bits per heavy atom. The molecule has 0 bridgehead atoms. The number of hydrogen-bond acceptors (Lipinski definition) is 3. The van der Waals surface area contributed by atoms with Crippen LogP contribution in [0.3, 0.4) is 0 Å². The lowest BCUT2D eigenvalue weighted by molar-refractivity contribution is -0.0699. The maximum Gasteiger partial charge on any atom is 0.122 e. The minimum absolute atomic E-state index is 0.324. The molecule has 0 aliphatic carbocycles. The zero-order valence-electron chi connectivity index (χ0n) is 12.5. The summed E-state index contributed by atoms with van der Waals surface area (Å²) in [6.45, 7) is 12.2. The van der Waals surface area contributed by atoms with E-state index in [2.05, 4.69) is 50.8 Å². The summed E-state index contributed by atoms with van der Waals surface area (Å²) in [5.41, 5.74) is 2.49. The van der Waals surface area contributed by atoms with Crippen molar-refractivity contribution in [1.82, 2.24) is 4.90 Å². The predicted octanol–water partition coefficient (Wildman–Crippen LogP) is 2.79. The van der Waals surface area contributed by atoms with Crippen molar-refractivity contribution in [2.24, 2.45) is 0 Å². The molecule has 0 spiro atoms. The average Bonchev–Trinajstić information content (AvgIpc) is 2.30. The van der Waals surface area contributed by atoms with Crippen molar-refractivity contribution in [3.63, 3.8) is 0 Å². The summed E-state index contributed by atoms with van der Waals surface area (Å²) in [5.74, 6) is 1.000. The molecule has 0 aromatic heterocycles. The maximum absolute atomic E-state index is 5.88. The van der Waals surface area contributed by atoms with E-state index in [1.54, 1.807) is 0 Å². The van der Waals surface area contributed by atoms with E-state index in [0.717, 1.165) is 32.0 Å². The number of nitrogens with zero attached hydrogens (tertiary/aromatic N) is 1. The Bertz CT molecular complexity index is 409. The van der Waals surface area contributed by atoms with Gasteiger partial charge in [-0.2, -0.15) is 0 Å². The molecule has 2 rings (SSSR count). The second kappa shape index (κ2) is 6.40. The largest absolute Gasteiger partial charge is 0.492 e. The molecule has 3 heteroatoms. The van der Waals surface area contributed by atoms with Crippen LogP contribution >= 0.6 is 0 Å². The van der Waals surface area contributed by atoms with Gasteiger partial charge in [-0.1, -0.05) is 17.7 Å². The van der Waals surface area contributed by atoms with Gasteiger partial charge in [0.1, 0.15) is 12.4 Å². The van der Waals surface area contributed by atoms with Crippen LogP contribution in [0.15, 0.2) is 18.2 Å². The van der Waals surface area contributed by atoms with Crippen LogP contribution in [-0.4, -0.2) is 43.3 Å². The van der Waals surface area contributed by atoms with Gasteiger partial charge in [0.05, 0.1) is 12.2 Å². The maximum atomic E-state index is 5.88. The molecule has 0 N–H and O–H groups in total. The number of ether oxygens (including phenoxy) is 2. The summed E-state index contributed by atoms with van der Waals surface area (Å²) in [4.78, 5) is 2.42. The number of rotatable bonds is 4. The normalized spacial score (nSPS) is 24.4. The average molecular weight is 263 g/mol. The van der Waals surface area contributed by atoms with Gasteiger partial charge in [0.25, 0.3) is 0 Å². The molecule has 1 aromatic rings. The lowest BCUT2D eigenvalue weighted by Gasteiger charge is -2.35. The Kier molecular flexibility index (Phi) is 4.83. The Labute approximate surface area is 116 Å². The van der Waals surface area contributed by atoms with Gasteiger partial charge in [0.2, 0.25) is 0 Å². The minimum Gasteiger partial charge on any atom is -0.492 e. The molecule has 0 radical (unpaired) electrons. The topological polar surface area (TPSA) is 21.7 Å². The second-order valence-corrected chi connectivity index (χ2v) is 5.63. The molecule has 1 saturated heterocycles. The fourth-order valence-electron chi connectivity index (χ4n) is 2.71. The fourth-order valence-corrected chi connectivity index (χ4v) is 2.71. The summed E-state index contributed by atoms with van der Waals surface area (Å²) in [5, 5.41) is 0. The Morgan fingerprint density at radius 2 is 1.89 bits per heavy atom. The SMILES string of the molecule is Cc1ccc(OCCN2CC(C)OC(C)C2)c(C)c1. The Morgan fingerprint density at radius 1 is 1.21 bits per heavy atom. The monoisotopic (exact) mass is 263 g/mol. The molecule has 0 amide bonds. The van der Waals surface area contributed by atoms with Crippen molar-refractivity contribution in [1.29, 1.82) is 0 Å². The van der Waals surface area contributed by atoms with Gasteiger partial charge in [-0.15, -0.1) is 0 Å². The van der Waals surface area contributed by atoms with E-state index in [9.17, 15) is 0 Å². The molecular weight excluding hydrogens is 238 g/mol. The summed E-state index contributed by atoms with van der Waals surface area (Å²) in [6.07, 6.45) is 0.648. The van der Waals surface area contributed by atoms with Crippen molar-refractivity contribution in [2.75, 3.05) is 26.2 Å². The Balaban J connectivity index is 1.80. The molecule has 1 fully saturated rings. The number of aryl methyl sites for hydroxylation is 2. The van der Waals surface area contributed by atoms with Crippen molar-refractivity contribution in [2.45, 2.75) is 39.9 Å². The molecule has 1 aliphatic heterocycles. The third-order valence-corrected chi connectivity index (χ3v) is 3.49. The van der Waals surface area contributed by atoms with E-state index in [-0.39, 0.29) is 0 Å². The van der Waals surface area contributed by atoms with Gasteiger partial charge in [-0.25, -0.2) is 0 Å². The standard InChI is InChI=1S/C16H25NO2/c1-12-5-6-16(13(2)9-12)18-8-7-17-10-14(3)19-15(4)11-17/h5-6,9,14-15H,7-8,10-11H2,1-4H3. The van der Waals surface area contributed by atoms with E-state index < -0.39 is 0 Å². The number of morpholine rings is 1. The smallest absolute Gasteiger partial charge is 0.122 e. The van der Waals surface area contributed by atoms with Gasteiger partial charge in [0, 0.05) is 19.6 Å². The molecule has 1 heterocycles. The van der Waals surface area contributed by atoms with Crippen molar-refractivity contribution in [3.8, 4) is 5.75 Å². The summed E-state index contributed by atoms with van der Waals surface area (Å²) < 4.78 is 11.6. The van der Waals surface area contributed by atoms with Crippen LogP contribution in [0.2, 0.25) is 0 Å². The third kappa shape index (κ3) is 4.22. The molecule has 19 heavy (non-hydrogen) atoms. The van der Waals surface area contributed by atoms with Gasteiger partial charge < -0.3 is 9.47 Å². The van der Waals surface area contributed by atoms with Crippen molar-refractivity contribution >= 4 is 0 Å². The molecule has 0 saturated carbocycles. The first-order chi connectivity index (χ1) is 9.04. The molecule has 1 aliphatic rings. The van der Waals surface area contributed by atoms with E-state index in [4.69, 9.17) is 9.47 Å². The van der Waals surface area contributed by atoms with E-state index >= 15 is 0 Å². The van der Waals surface area contributed by atoms with Crippen molar-refractivity contribution in [3.05, 3.63) is 29.3 Å². The molecule has 2 unspecified atom stereocenters. The van der Waals surface area contributed by atoms with E-state index in [1.165, 1.54) is 11.1 Å². The predicted molar refractivity (Wildman–Crippen MR) is 77.9 cm³/mol. The quantitative estimate of drug-likeness (QED) is 0.834. The fraction of sp³-hybridized carbons (Fsp3) is 0.625. The molecular formula is C16H25NO2. The van der Waals surface area contributed by atoms with Gasteiger partial charge >= 0.3 is 0 Å². The zero-order valence-corrected chi connectivity index (χ0v) is 12.5. The summed E-state index contributed by atoms with van der Waals surface area (Å²) >= 11 is 0. The highest BCUT2D eigenvalue weighted by Crippen LogP contribution is 2.18. The van der Waals surface area contributed by atoms with Crippen LogP contribution in [0.1, 0.15) is 25.0 Å². The van der Waals surface area contributed by atoms with Gasteiger partial charge in [-0.05, 0) is 39.3 Å². The van der Waals surface area contributed by atoms with E-state index in [0.29, 0.717) is 12.2 Å². The summed E-state index contributed by atoms with van der Waals surface area (Å²) in [7, 11) is 0. The van der Waals surface area contributed by atoms with Gasteiger partial charge in [0.15, 0.2) is 0 Å². The zero-order chi connectivity index (χ0) is 13.8. The van der Waals surface area contributed by atoms with Crippen LogP contribution in [-0.2, 0) is 4.74 Å². The van der Waals surface area contributed by atoms with Crippen LogP contribution in [0.25, 0.3) is 0 Å². The highest BCUT2D eigenvalue weighted by Gasteiger charge is 2.21. The van der Waals surface area contributed by atoms with E-state index in [1.807, 2.05) is 0 Å². The molecule has 106 valence electrons. The first-order valence-corrected chi connectivity index (χ1v) is 7.12. The van der Waals surface area contributed by atoms with Crippen LogP contribution in [0.4, 0.5) is 0 Å². The minimum atomic E-state index is 0.324. The first kappa shape index (κ1) is 14.4.